The van der Waals surface area contributed by atoms with Crippen molar-refractivity contribution >= 4 is 11.6 Å². The van der Waals surface area contributed by atoms with Gasteiger partial charge < -0.3 is 5.73 Å². The van der Waals surface area contributed by atoms with Gasteiger partial charge in [-0.15, -0.1) is 0 Å². The van der Waals surface area contributed by atoms with E-state index in [2.05, 4.69) is 4.98 Å². The van der Waals surface area contributed by atoms with E-state index in [1.54, 1.807) is 0 Å². The number of nitrogens with zero attached hydrogens (tertiary/aromatic N) is 1. The summed E-state index contributed by atoms with van der Waals surface area (Å²) in [6.07, 6.45) is 0. The van der Waals surface area contributed by atoms with Crippen LogP contribution in [0.2, 0.25) is 5.02 Å². The molecule has 0 aliphatic rings. The Morgan fingerprint density at radius 2 is 1.61 bits per heavy atom. The lowest BCUT2D eigenvalue weighted by molar-refractivity contribution is 0.859. The predicted molar refractivity (Wildman–Crippen MR) is 75.9 cm³/mol. The first-order valence-corrected chi connectivity index (χ1v) is 6.32. The van der Waals surface area contributed by atoms with Crippen molar-refractivity contribution in [3.8, 4) is 0 Å². The molecule has 2 N–H and O–H groups in total. The fourth-order valence-corrected chi connectivity index (χ4v) is 2.23. The minimum Gasteiger partial charge on any atom is -0.320 e. The summed E-state index contributed by atoms with van der Waals surface area (Å²) >= 11 is 6.14. The molecule has 2 aromatic rings. The van der Waals surface area contributed by atoms with E-state index in [1.807, 2.05) is 51.1 Å². The van der Waals surface area contributed by atoms with Gasteiger partial charge in [-0.25, -0.2) is 0 Å². The normalized spacial score (nSPS) is 12.5. The third kappa shape index (κ3) is 2.71. The van der Waals surface area contributed by atoms with Crippen LogP contribution in [0.25, 0.3) is 0 Å². The van der Waals surface area contributed by atoms with Gasteiger partial charge in [-0.2, -0.15) is 0 Å². The Hall–Kier alpha value is -1.38. The topological polar surface area (TPSA) is 38.9 Å². The van der Waals surface area contributed by atoms with Crippen molar-refractivity contribution in [3.63, 3.8) is 0 Å². The maximum atomic E-state index is 6.29. The molecule has 1 aromatic heterocycles. The molecular formula is C15H17ClN2. The first-order chi connectivity index (χ1) is 8.47. The predicted octanol–water partition coefficient (Wildman–Crippen LogP) is 3.71. The van der Waals surface area contributed by atoms with Gasteiger partial charge in [-0.05, 0) is 55.7 Å². The molecule has 0 bridgehead atoms. The molecule has 1 atom stereocenters. The van der Waals surface area contributed by atoms with Crippen LogP contribution >= 0.6 is 11.6 Å². The second-order valence-corrected chi connectivity index (χ2v) is 5.08. The molecule has 3 heteroatoms. The summed E-state index contributed by atoms with van der Waals surface area (Å²) in [7, 11) is 0. The first kappa shape index (κ1) is 13.1. The summed E-state index contributed by atoms with van der Waals surface area (Å²) < 4.78 is 0. The molecule has 0 fully saturated rings. The number of pyridine rings is 1. The molecule has 2 rings (SSSR count). The maximum absolute atomic E-state index is 6.29. The van der Waals surface area contributed by atoms with Crippen molar-refractivity contribution in [3.05, 3.63) is 63.4 Å². The second-order valence-electron chi connectivity index (χ2n) is 4.67. The number of nitrogens with two attached hydrogens (primary N) is 1. The molecule has 0 saturated heterocycles. The molecule has 94 valence electrons. The number of halogens is 1. The highest BCUT2D eigenvalue weighted by atomic mass is 35.5. The highest BCUT2D eigenvalue weighted by molar-refractivity contribution is 6.31. The van der Waals surface area contributed by atoms with E-state index in [9.17, 15) is 0 Å². The first-order valence-electron chi connectivity index (χ1n) is 5.94. The zero-order valence-electron chi connectivity index (χ0n) is 10.9. The summed E-state index contributed by atoms with van der Waals surface area (Å²) in [5.74, 6) is 0. The maximum Gasteiger partial charge on any atom is 0.0553 e. The smallest absolute Gasteiger partial charge is 0.0553 e. The lowest BCUT2D eigenvalue weighted by Gasteiger charge is -2.15. The van der Waals surface area contributed by atoms with E-state index < -0.39 is 0 Å². The van der Waals surface area contributed by atoms with Gasteiger partial charge in [0.15, 0.2) is 0 Å². The fraction of sp³-hybridized carbons (Fsp3) is 0.267. The molecule has 0 saturated carbocycles. The summed E-state index contributed by atoms with van der Waals surface area (Å²) in [5, 5.41) is 0.755. The summed E-state index contributed by atoms with van der Waals surface area (Å²) in [6.45, 7) is 5.94. The highest BCUT2D eigenvalue weighted by Crippen LogP contribution is 2.25. The fourth-order valence-electron chi connectivity index (χ4n) is 2.04. The van der Waals surface area contributed by atoms with Crippen LogP contribution in [0.15, 0.2) is 30.3 Å². The van der Waals surface area contributed by atoms with E-state index >= 15 is 0 Å². The molecular weight excluding hydrogens is 244 g/mol. The zero-order chi connectivity index (χ0) is 13.3. The number of aryl methyl sites for hydroxylation is 3. The molecule has 0 radical (unpaired) electrons. The van der Waals surface area contributed by atoms with Crippen molar-refractivity contribution in [2.24, 2.45) is 5.73 Å². The third-order valence-corrected chi connectivity index (χ3v) is 3.43. The minimum absolute atomic E-state index is 0.163. The van der Waals surface area contributed by atoms with Gasteiger partial charge in [0.1, 0.15) is 0 Å². The van der Waals surface area contributed by atoms with Crippen LogP contribution in [0.4, 0.5) is 0 Å². The van der Waals surface area contributed by atoms with Gasteiger partial charge in [-0.1, -0.05) is 23.7 Å². The van der Waals surface area contributed by atoms with E-state index in [0.717, 1.165) is 33.1 Å². The van der Waals surface area contributed by atoms with Gasteiger partial charge in [0.25, 0.3) is 0 Å². The van der Waals surface area contributed by atoms with Crippen molar-refractivity contribution < 1.29 is 0 Å². The zero-order valence-corrected chi connectivity index (χ0v) is 11.6. The van der Waals surface area contributed by atoms with Crippen LogP contribution in [0.3, 0.4) is 0 Å². The van der Waals surface area contributed by atoms with Crippen LogP contribution in [0.1, 0.15) is 34.1 Å². The van der Waals surface area contributed by atoms with Gasteiger partial charge >= 0.3 is 0 Å². The lowest BCUT2D eigenvalue weighted by atomic mass is 9.98. The van der Waals surface area contributed by atoms with Gasteiger partial charge in [-0.3, -0.25) is 4.98 Å². The quantitative estimate of drug-likeness (QED) is 0.894. The minimum atomic E-state index is -0.163. The number of aromatic nitrogens is 1. The Labute approximate surface area is 113 Å². The molecule has 0 spiro atoms. The molecule has 1 aromatic carbocycles. The summed E-state index contributed by atoms with van der Waals surface area (Å²) in [5.41, 5.74) is 11.4. The lowest BCUT2D eigenvalue weighted by Crippen LogP contribution is -2.12. The second kappa shape index (κ2) is 5.09. The SMILES string of the molecule is Cc1cc(C(N)c2ccc(C)c(Cl)c2)cc(C)n1. The molecule has 1 unspecified atom stereocenters. The van der Waals surface area contributed by atoms with Crippen LogP contribution in [-0.4, -0.2) is 4.98 Å². The number of rotatable bonds is 2. The van der Waals surface area contributed by atoms with Crippen molar-refractivity contribution in [2.45, 2.75) is 26.8 Å². The number of hydrogen-bond donors (Lipinski definition) is 1. The monoisotopic (exact) mass is 260 g/mol. The molecule has 0 aliphatic heterocycles. The van der Waals surface area contributed by atoms with Gasteiger partial charge in [0, 0.05) is 16.4 Å². The van der Waals surface area contributed by atoms with Gasteiger partial charge in [0.05, 0.1) is 6.04 Å². The Kier molecular flexibility index (Phi) is 3.69. The molecule has 18 heavy (non-hydrogen) atoms. The van der Waals surface area contributed by atoms with Crippen LogP contribution in [-0.2, 0) is 0 Å². The Morgan fingerprint density at radius 3 is 2.17 bits per heavy atom. The largest absolute Gasteiger partial charge is 0.320 e. The third-order valence-electron chi connectivity index (χ3n) is 3.02. The van der Waals surface area contributed by atoms with Crippen molar-refractivity contribution in [1.29, 1.82) is 0 Å². The van der Waals surface area contributed by atoms with Crippen LogP contribution < -0.4 is 5.73 Å². The van der Waals surface area contributed by atoms with E-state index in [-0.39, 0.29) is 6.04 Å². The van der Waals surface area contributed by atoms with Gasteiger partial charge in [0.2, 0.25) is 0 Å². The Balaban J connectivity index is 2.40. The summed E-state index contributed by atoms with van der Waals surface area (Å²) in [4.78, 5) is 4.36. The average molecular weight is 261 g/mol. The van der Waals surface area contributed by atoms with Crippen molar-refractivity contribution in [1.82, 2.24) is 4.98 Å². The molecule has 2 nitrogen and oxygen atoms in total. The number of hydrogen-bond acceptors (Lipinski definition) is 2. The molecule has 0 aliphatic carbocycles. The Morgan fingerprint density at radius 1 is 1.00 bits per heavy atom. The summed E-state index contributed by atoms with van der Waals surface area (Å²) in [6, 6.07) is 9.84. The van der Waals surface area contributed by atoms with Crippen LogP contribution in [0, 0.1) is 20.8 Å². The van der Waals surface area contributed by atoms with E-state index in [4.69, 9.17) is 17.3 Å². The van der Waals surface area contributed by atoms with Crippen molar-refractivity contribution in [2.75, 3.05) is 0 Å². The Bertz CT molecular complexity index is 558. The highest BCUT2D eigenvalue weighted by Gasteiger charge is 2.11. The number of benzene rings is 1. The molecule has 0 amide bonds. The standard InChI is InChI=1S/C15H17ClN2/c1-9-4-5-12(8-14(9)16)15(17)13-6-10(2)18-11(3)7-13/h4-8,15H,17H2,1-3H3. The molecule has 1 heterocycles. The van der Waals surface area contributed by atoms with Crippen LogP contribution in [0.5, 0.6) is 0 Å². The average Bonchev–Trinajstić information content (AvgIpc) is 2.30. The van der Waals surface area contributed by atoms with E-state index in [0.29, 0.717) is 0 Å². The van der Waals surface area contributed by atoms with E-state index in [1.165, 1.54) is 0 Å².